The van der Waals surface area contributed by atoms with Crippen LogP contribution in [0.15, 0.2) is 48.5 Å². The van der Waals surface area contributed by atoms with E-state index >= 15 is 0 Å². The third-order valence-electron chi connectivity index (χ3n) is 5.43. The Morgan fingerprint density at radius 3 is 2.61 bits per heavy atom. The number of ether oxygens (including phenoxy) is 1. The maximum Gasteiger partial charge on any atom is 0.265 e. The van der Waals surface area contributed by atoms with Gasteiger partial charge in [-0.25, -0.2) is 0 Å². The second-order valence-electron chi connectivity index (χ2n) is 7.61. The lowest BCUT2D eigenvalue weighted by atomic mass is 10.1. The molecule has 1 aliphatic heterocycles. The monoisotopic (exact) mass is 418 g/mol. The molecule has 1 heterocycles. The molecule has 0 radical (unpaired) electrons. The Labute approximate surface area is 175 Å². The number of carbonyl (C=O) groups is 1. The van der Waals surface area contributed by atoms with Crippen molar-refractivity contribution < 1.29 is 9.53 Å². The number of rotatable bonds is 7. The van der Waals surface area contributed by atoms with Crippen molar-refractivity contribution in [2.75, 3.05) is 19.6 Å². The number of carbonyl (C=O) groups excluding carboxylic acids is 1. The highest BCUT2D eigenvalue weighted by Crippen LogP contribution is 2.32. The maximum atomic E-state index is 13.0. The molecule has 4 rings (SSSR count). The van der Waals surface area contributed by atoms with E-state index in [4.69, 9.17) is 27.9 Å². The number of hydrogen-bond donors (Lipinski definition) is 1. The molecule has 1 amide bonds. The van der Waals surface area contributed by atoms with Crippen LogP contribution >= 0.6 is 23.2 Å². The van der Waals surface area contributed by atoms with Crippen molar-refractivity contribution in [3.63, 3.8) is 0 Å². The summed E-state index contributed by atoms with van der Waals surface area (Å²) in [6.07, 6.45) is 3.05. The van der Waals surface area contributed by atoms with Crippen LogP contribution in [-0.2, 0) is 4.79 Å². The molecule has 28 heavy (non-hydrogen) atoms. The second kappa shape index (κ2) is 8.73. The van der Waals surface area contributed by atoms with Crippen molar-refractivity contribution in [1.29, 1.82) is 0 Å². The van der Waals surface area contributed by atoms with Gasteiger partial charge in [-0.1, -0.05) is 53.5 Å². The van der Waals surface area contributed by atoms with Crippen molar-refractivity contribution in [2.45, 2.75) is 31.4 Å². The fraction of sp³-hybridized carbons (Fsp3) is 0.409. The first-order valence-electron chi connectivity index (χ1n) is 9.78. The van der Waals surface area contributed by atoms with Gasteiger partial charge in [0, 0.05) is 30.8 Å². The molecule has 2 aromatic carbocycles. The number of nitrogens with one attached hydrogen (secondary N) is 1. The summed E-state index contributed by atoms with van der Waals surface area (Å²) in [5.74, 6) is 0.882. The van der Waals surface area contributed by atoms with E-state index < -0.39 is 6.10 Å². The van der Waals surface area contributed by atoms with Crippen LogP contribution in [0.5, 0.6) is 5.75 Å². The van der Waals surface area contributed by atoms with Gasteiger partial charge < -0.3 is 15.0 Å². The molecule has 1 saturated carbocycles. The molecule has 148 valence electrons. The highest BCUT2D eigenvalue weighted by molar-refractivity contribution is 6.42. The summed E-state index contributed by atoms with van der Waals surface area (Å²) in [5, 5.41) is 3.95. The zero-order chi connectivity index (χ0) is 19.5. The van der Waals surface area contributed by atoms with Crippen molar-refractivity contribution in [3.05, 3.63) is 64.1 Å². The third-order valence-corrected chi connectivity index (χ3v) is 6.17. The van der Waals surface area contributed by atoms with Gasteiger partial charge in [-0.15, -0.1) is 0 Å². The Hall–Kier alpha value is -1.75. The zero-order valence-corrected chi connectivity index (χ0v) is 17.1. The molecular formula is C22H24Cl2N2O2. The lowest BCUT2D eigenvalue weighted by Gasteiger charge is -2.21. The lowest BCUT2D eigenvalue weighted by Crippen LogP contribution is -2.36. The minimum Gasteiger partial charge on any atom is -0.476 e. The Kier molecular flexibility index (Phi) is 6.10. The van der Waals surface area contributed by atoms with Crippen LogP contribution in [0.4, 0.5) is 0 Å². The van der Waals surface area contributed by atoms with Gasteiger partial charge in [-0.3, -0.25) is 4.79 Å². The maximum absolute atomic E-state index is 13.0. The quantitative estimate of drug-likeness (QED) is 0.707. The minimum atomic E-state index is -0.737. The van der Waals surface area contributed by atoms with Crippen LogP contribution < -0.4 is 10.1 Å². The number of halogens is 2. The van der Waals surface area contributed by atoms with E-state index in [1.807, 2.05) is 30.3 Å². The smallest absolute Gasteiger partial charge is 0.265 e. The first kappa shape index (κ1) is 19.6. The summed E-state index contributed by atoms with van der Waals surface area (Å²) in [6.45, 7) is 2.90. The molecule has 2 aromatic rings. The van der Waals surface area contributed by atoms with E-state index in [1.165, 1.54) is 12.8 Å². The molecule has 2 fully saturated rings. The van der Waals surface area contributed by atoms with E-state index in [0.29, 0.717) is 28.3 Å². The molecule has 0 bridgehead atoms. The summed E-state index contributed by atoms with van der Waals surface area (Å²) < 4.78 is 6.02. The van der Waals surface area contributed by atoms with Gasteiger partial charge >= 0.3 is 0 Å². The molecule has 0 aromatic heterocycles. The Bertz CT molecular complexity index is 827. The molecule has 1 saturated heterocycles. The Morgan fingerprint density at radius 1 is 1.11 bits per heavy atom. The van der Waals surface area contributed by atoms with Gasteiger partial charge in [-0.05, 0) is 43.9 Å². The van der Waals surface area contributed by atoms with Crippen LogP contribution in [0, 0.1) is 5.92 Å². The Morgan fingerprint density at radius 2 is 1.89 bits per heavy atom. The van der Waals surface area contributed by atoms with Gasteiger partial charge in [0.05, 0.1) is 10.0 Å². The summed E-state index contributed by atoms with van der Waals surface area (Å²) in [6, 6.07) is 15.3. The number of benzene rings is 2. The highest BCUT2D eigenvalue weighted by atomic mass is 35.5. The zero-order valence-electron chi connectivity index (χ0n) is 15.6. The van der Waals surface area contributed by atoms with E-state index in [2.05, 4.69) is 10.2 Å². The molecule has 2 unspecified atom stereocenters. The average Bonchev–Trinajstić information content (AvgIpc) is 3.45. The number of hydrogen-bond acceptors (Lipinski definition) is 3. The van der Waals surface area contributed by atoms with Crippen LogP contribution in [0.3, 0.4) is 0 Å². The fourth-order valence-electron chi connectivity index (χ4n) is 3.73. The molecule has 4 nitrogen and oxygen atoms in total. The fourth-order valence-corrected chi connectivity index (χ4v) is 4.01. The van der Waals surface area contributed by atoms with Crippen LogP contribution in [0.1, 0.15) is 30.9 Å². The predicted octanol–water partition coefficient (Wildman–Crippen LogP) is 4.71. The van der Waals surface area contributed by atoms with Crippen molar-refractivity contribution >= 4 is 29.1 Å². The molecular weight excluding hydrogens is 395 g/mol. The number of likely N-dealkylation sites (tertiary alicyclic amines) is 1. The van der Waals surface area contributed by atoms with E-state index in [0.717, 1.165) is 31.1 Å². The number of amides is 1. The summed E-state index contributed by atoms with van der Waals surface area (Å²) >= 11 is 12.1. The van der Waals surface area contributed by atoms with E-state index in [-0.39, 0.29) is 5.91 Å². The van der Waals surface area contributed by atoms with Gasteiger partial charge in [0.25, 0.3) is 5.91 Å². The van der Waals surface area contributed by atoms with Crippen LogP contribution in [0.2, 0.25) is 10.0 Å². The predicted molar refractivity (Wildman–Crippen MR) is 112 cm³/mol. The summed E-state index contributed by atoms with van der Waals surface area (Å²) in [4.78, 5) is 15.5. The molecule has 1 aliphatic carbocycles. The van der Waals surface area contributed by atoms with Crippen molar-refractivity contribution in [1.82, 2.24) is 10.2 Å². The van der Waals surface area contributed by atoms with Gasteiger partial charge in [0.1, 0.15) is 5.75 Å². The lowest BCUT2D eigenvalue weighted by molar-refractivity contribution is -0.128. The number of nitrogens with zero attached hydrogens (tertiary/aromatic N) is 1. The summed E-state index contributed by atoms with van der Waals surface area (Å²) in [7, 11) is 0. The van der Waals surface area contributed by atoms with Gasteiger partial charge in [-0.2, -0.15) is 0 Å². The molecule has 1 N–H and O–H groups in total. The van der Waals surface area contributed by atoms with Crippen molar-refractivity contribution in [3.8, 4) is 5.75 Å². The third kappa shape index (κ3) is 4.80. The first-order chi connectivity index (χ1) is 13.6. The highest BCUT2D eigenvalue weighted by Gasteiger charge is 2.34. The van der Waals surface area contributed by atoms with Crippen LogP contribution in [0.25, 0.3) is 0 Å². The first-order valence-corrected chi connectivity index (χ1v) is 10.5. The average molecular weight is 419 g/mol. The Balaban J connectivity index is 1.42. The van der Waals surface area contributed by atoms with Gasteiger partial charge in [0.15, 0.2) is 0 Å². The topological polar surface area (TPSA) is 41.6 Å². The SMILES string of the molecule is O=C(NCC1CCN(C2CC2)C1)C(Oc1ccc(Cl)c(Cl)c1)c1ccccc1. The standard InChI is InChI=1S/C22H24Cl2N2O2/c23-19-9-8-18(12-20(19)24)28-21(16-4-2-1-3-5-16)22(27)25-13-15-10-11-26(14-15)17-6-7-17/h1-5,8-9,12,15,17,21H,6-7,10-11,13-14H2,(H,25,27). The second-order valence-corrected chi connectivity index (χ2v) is 8.42. The van der Waals surface area contributed by atoms with E-state index in [9.17, 15) is 4.79 Å². The minimum absolute atomic E-state index is 0.137. The van der Waals surface area contributed by atoms with E-state index in [1.54, 1.807) is 18.2 Å². The molecule has 0 spiro atoms. The molecule has 2 aliphatic rings. The summed E-state index contributed by atoms with van der Waals surface area (Å²) in [5.41, 5.74) is 0.803. The largest absolute Gasteiger partial charge is 0.476 e. The molecule has 6 heteroatoms. The van der Waals surface area contributed by atoms with Gasteiger partial charge in [0.2, 0.25) is 6.10 Å². The van der Waals surface area contributed by atoms with Crippen LogP contribution in [-0.4, -0.2) is 36.5 Å². The molecule has 2 atom stereocenters. The van der Waals surface area contributed by atoms with Crippen molar-refractivity contribution in [2.24, 2.45) is 5.92 Å². The normalized spacial score (nSPS) is 20.7.